The third kappa shape index (κ3) is 3.34. The number of carbonyl (C=O) groups excluding carboxylic acids is 1. The second kappa shape index (κ2) is 6.50. The van der Waals surface area contributed by atoms with Crippen LogP contribution in [-0.2, 0) is 11.2 Å². The van der Waals surface area contributed by atoms with E-state index in [1.807, 2.05) is 21.7 Å². The lowest BCUT2D eigenvalue weighted by Gasteiger charge is -2.19. The number of hydrogen-bond donors (Lipinski definition) is 0. The highest BCUT2D eigenvalue weighted by Gasteiger charge is 2.34. The van der Waals surface area contributed by atoms with E-state index in [4.69, 9.17) is 9.47 Å². The van der Waals surface area contributed by atoms with Crippen LogP contribution in [0.1, 0.15) is 56.3 Å². The van der Waals surface area contributed by atoms with Crippen LogP contribution in [0, 0.1) is 0 Å². The van der Waals surface area contributed by atoms with Crippen LogP contribution < -0.4 is 9.47 Å². The van der Waals surface area contributed by atoms with Gasteiger partial charge in [0.25, 0.3) is 5.91 Å². The van der Waals surface area contributed by atoms with Crippen LogP contribution in [0.15, 0.2) is 24.4 Å². The normalized spacial score (nSPS) is 22.8. The van der Waals surface area contributed by atoms with Crippen LogP contribution in [0.25, 0.3) is 0 Å². The molecule has 7 heteroatoms. The average Bonchev–Trinajstić information content (AvgIpc) is 3.08. The largest absolute Gasteiger partial charge is 0.483 e. The zero-order valence-electron chi connectivity index (χ0n) is 16.4. The third-order valence-electron chi connectivity index (χ3n) is 5.82. The first kappa shape index (κ1) is 17.5. The van der Waals surface area contributed by atoms with Crippen molar-refractivity contribution < 1.29 is 14.3 Å². The zero-order chi connectivity index (χ0) is 19.3. The molecule has 3 aliphatic rings. The summed E-state index contributed by atoms with van der Waals surface area (Å²) in [5.41, 5.74) is 1.99. The van der Waals surface area contributed by atoms with Gasteiger partial charge in [0.05, 0.1) is 11.7 Å². The molecule has 148 valence electrons. The lowest BCUT2D eigenvalue weighted by Crippen LogP contribution is -2.33. The lowest BCUT2D eigenvalue weighted by atomic mass is 10.0. The molecule has 0 bridgehead atoms. The third-order valence-corrected chi connectivity index (χ3v) is 5.82. The fourth-order valence-corrected chi connectivity index (χ4v) is 4.15. The smallest absolute Gasteiger partial charge is 0.260 e. The van der Waals surface area contributed by atoms with Gasteiger partial charge in [-0.05, 0) is 39.2 Å². The first-order valence-electron chi connectivity index (χ1n) is 10.1. The van der Waals surface area contributed by atoms with E-state index >= 15 is 0 Å². The Morgan fingerprint density at radius 3 is 3.00 bits per heavy atom. The summed E-state index contributed by atoms with van der Waals surface area (Å²) in [5, 5.41) is 8.57. The Kier molecular flexibility index (Phi) is 4.07. The number of carbonyl (C=O) groups is 1. The van der Waals surface area contributed by atoms with Gasteiger partial charge >= 0.3 is 0 Å². The van der Waals surface area contributed by atoms with E-state index in [1.165, 1.54) is 12.8 Å². The van der Waals surface area contributed by atoms with Gasteiger partial charge in [-0.1, -0.05) is 17.3 Å². The van der Waals surface area contributed by atoms with Gasteiger partial charge in [0.1, 0.15) is 5.60 Å². The molecule has 1 aliphatic carbocycles. The maximum Gasteiger partial charge on any atom is 0.260 e. The molecule has 1 amide bonds. The van der Waals surface area contributed by atoms with Crippen LogP contribution in [-0.4, -0.2) is 51.1 Å². The molecule has 1 saturated heterocycles. The number of rotatable bonds is 5. The monoisotopic (exact) mass is 382 g/mol. The van der Waals surface area contributed by atoms with Gasteiger partial charge in [-0.2, -0.15) is 0 Å². The number of aromatic nitrogens is 3. The molecule has 0 radical (unpaired) electrons. The van der Waals surface area contributed by atoms with Crippen molar-refractivity contribution in [1.29, 1.82) is 0 Å². The Balaban J connectivity index is 1.19. The molecule has 28 heavy (non-hydrogen) atoms. The van der Waals surface area contributed by atoms with Crippen molar-refractivity contribution in [3.8, 4) is 11.5 Å². The number of fused-ring (bicyclic) bond motifs is 1. The van der Waals surface area contributed by atoms with Gasteiger partial charge in [0.15, 0.2) is 18.1 Å². The van der Waals surface area contributed by atoms with Gasteiger partial charge in [-0.15, -0.1) is 5.10 Å². The van der Waals surface area contributed by atoms with Crippen molar-refractivity contribution in [3.63, 3.8) is 0 Å². The molecule has 2 fully saturated rings. The van der Waals surface area contributed by atoms with Crippen molar-refractivity contribution in [3.05, 3.63) is 35.7 Å². The van der Waals surface area contributed by atoms with E-state index in [0.29, 0.717) is 18.2 Å². The summed E-state index contributed by atoms with van der Waals surface area (Å²) in [4.78, 5) is 14.5. The molecule has 1 aromatic heterocycles. The molecule has 5 rings (SSSR count). The number of nitrogens with zero attached hydrogens (tertiary/aromatic N) is 4. The summed E-state index contributed by atoms with van der Waals surface area (Å²) in [5.74, 6) is 2.02. The van der Waals surface area contributed by atoms with E-state index < -0.39 is 0 Å². The van der Waals surface area contributed by atoms with Crippen molar-refractivity contribution >= 4 is 5.91 Å². The minimum absolute atomic E-state index is 0.000100. The molecule has 0 spiro atoms. The van der Waals surface area contributed by atoms with Crippen molar-refractivity contribution in [1.82, 2.24) is 19.9 Å². The van der Waals surface area contributed by atoms with Gasteiger partial charge in [-0.3, -0.25) is 4.79 Å². The Morgan fingerprint density at radius 2 is 2.18 bits per heavy atom. The van der Waals surface area contributed by atoms with Gasteiger partial charge in [0, 0.05) is 37.2 Å². The number of hydrogen-bond acceptors (Lipinski definition) is 5. The van der Waals surface area contributed by atoms with E-state index in [9.17, 15) is 4.79 Å². The highest BCUT2D eigenvalue weighted by atomic mass is 16.5. The molecule has 2 aromatic rings. The molecule has 1 atom stereocenters. The molecule has 1 unspecified atom stereocenters. The number of ether oxygens (including phenoxy) is 2. The number of likely N-dealkylation sites (tertiary alicyclic amines) is 1. The van der Waals surface area contributed by atoms with Crippen LogP contribution in [0.3, 0.4) is 0 Å². The summed E-state index contributed by atoms with van der Waals surface area (Å²) in [7, 11) is 0. The quantitative estimate of drug-likeness (QED) is 0.795. The highest BCUT2D eigenvalue weighted by molar-refractivity contribution is 5.78. The molecular formula is C21H26N4O3. The van der Waals surface area contributed by atoms with Crippen molar-refractivity contribution in [2.75, 3.05) is 19.7 Å². The Bertz CT molecular complexity index is 903. The second-order valence-corrected chi connectivity index (χ2v) is 8.75. The van der Waals surface area contributed by atoms with Crippen molar-refractivity contribution in [2.24, 2.45) is 0 Å². The number of amides is 1. The summed E-state index contributed by atoms with van der Waals surface area (Å²) >= 11 is 0. The molecule has 1 saturated carbocycles. The Labute approximate surface area is 164 Å². The lowest BCUT2D eigenvalue weighted by molar-refractivity contribution is -0.132. The van der Waals surface area contributed by atoms with E-state index in [-0.39, 0.29) is 24.2 Å². The first-order valence-corrected chi connectivity index (χ1v) is 10.1. The minimum atomic E-state index is -0.231. The van der Waals surface area contributed by atoms with E-state index in [0.717, 1.165) is 36.4 Å². The number of para-hydroxylation sites is 1. The van der Waals surface area contributed by atoms with Crippen LogP contribution >= 0.6 is 0 Å². The highest BCUT2D eigenvalue weighted by Crippen LogP contribution is 2.42. The number of benzene rings is 1. The van der Waals surface area contributed by atoms with Gasteiger partial charge < -0.3 is 14.4 Å². The molecule has 1 aromatic carbocycles. The standard InChI is InChI=1S/C21H26N4O3/c1-21(2)10-15-4-3-5-18(20(15)28-21)27-13-19(26)24-9-8-16(11-24)25-12-17(22-23-25)14-6-7-14/h3-5,12,14,16H,6-11,13H2,1-2H3. The molecule has 2 aliphatic heterocycles. The maximum atomic E-state index is 12.7. The maximum absolute atomic E-state index is 12.7. The predicted octanol–water partition coefficient (Wildman–Crippen LogP) is 2.72. The topological polar surface area (TPSA) is 69.5 Å². The van der Waals surface area contributed by atoms with Crippen molar-refractivity contribution in [2.45, 2.75) is 57.1 Å². The van der Waals surface area contributed by atoms with Gasteiger partial charge in [-0.25, -0.2) is 4.68 Å². The van der Waals surface area contributed by atoms with Gasteiger partial charge in [0.2, 0.25) is 0 Å². The Morgan fingerprint density at radius 1 is 1.32 bits per heavy atom. The molecular weight excluding hydrogens is 356 g/mol. The predicted molar refractivity (Wildman–Crippen MR) is 103 cm³/mol. The summed E-state index contributed by atoms with van der Waals surface area (Å²) in [6.07, 6.45) is 6.24. The Hall–Kier alpha value is -2.57. The minimum Gasteiger partial charge on any atom is -0.483 e. The second-order valence-electron chi connectivity index (χ2n) is 8.75. The molecule has 0 N–H and O–H groups in total. The average molecular weight is 382 g/mol. The summed E-state index contributed by atoms with van der Waals surface area (Å²) in [6.45, 7) is 5.53. The molecule has 7 nitrogen and oxygen atoms in total. The fourth-order valence-electron chi connectivity index (χ4n) is 4.15. The summed E-state index contributed by atoms with van der Waals surface area (Å²) in [6, 6.07) is 6.08. The summed E-state index contributed by atoms with van der Waals surface area (Å²) < 4.78 is 13.8. The fraction of sp³-hybridized carbons (Fsp3) is 0.571. The van der Waals surface area contributed by atoms with Crippen LogP contribution in [0.4, 0.5) is 0 Å². The SMILES string of the molecule is CC1(C)Cc2cccc(OCC(=O)N3CCC(n4cc(C5CC5)nn4)C3)c2O1. The zero-order valence-corrected chi connectivity index (χ0v) is 16.4. The van der Waals surface area contributed by atoms with E-state index in [2.05, 4.69) is 36.4 Å². The van der Waals surface area contributed by atoms with Crippen LogP contribution in [0.2, 0.25) is 0 Å². The first-order chi connectivity index (χ1) is 13.5. The molecule has 3 heterocycles. The van der Waals surface area contributed by atoms with E-state index in [1.54, 1.807) is 0 Å². The van der Waals surface area contributed by atoms with Crippen LogP contribution in [0.5, 0.6) is 11.5 Å².